The molecule has 3 aliphatic rings. The molecule has 0 bridgehead atoms. The molecule has 1 saturated carbocycles. The zero-order chi connectivity index (χ0) is 16.0. The van der Waals surface area contributed by atoms with Gasteiger partial charge in [0.25, 0.3) is 5.91 Å². The molecule has 3 atom stereocenters. The minimum Gasteiger partial charge on any atom is -0.345 e. The van der Waals surface area contributed by atoms with Gasteiger partial charge in [0, 0.05) is 18.7 Å². The van der Waals surface area contributed by atoms with Crippen molar-refractivity contribution in [3.05, 3.63) is 35.4 Å². The standard InChI is InChI=1S/C18H23N3O2/c19-11-18-8-7-12(18)4-3-9-21(18)16(22)10-15-13-5-1-2-6-14(13)17(23)20-15/h1-2,5-6,12,15H,3-4,7-11,19H2,(H,20,23). The van der Waals surface area contributed by atoms with E-state index in [1.807, 2.05) is 29.2 Å². The van der Waals surface area contributed by atoms with Gasteiger partial charge in [0.05, 0.1) is 18.0 Å². The van der Waals surface area contributed by atoms with E-state index in [1.165, 1.54) is 12.8 Å². The van der Waals surface area contributed by atoms with Gasteiger partial charge in [0.1, 0.15) is 0 Å². The average molecular weight is 313 g/mol. The van der Waals surface area contributed by atoms with E-state index in [0.29, 0.717) is 24.4 Å². The topological polar surface area (TPSA) is 75.4 Å². The summed E-state index contributed by atoms with van der Waals surface area (Å²) >= 11 is 0. The molecule has 2 heterocycles. The minimum absolute atomic E-state index is 0.0768. The molecule has 0 aromatic heterocycles. The van der Waals surface area contributed by atoms with Crippen molar-refractivity contribution in [3.63, 3.8) is 0 Å². The summed E-state index contributed by atoms with van der Waals surface area (Å²) in [6.07, 6.45) is 4.78. The SMILES string of the molecule is NCC12CCC1CCCN2C(=O)CC1NC(=O)c2ccccc21. The predicted molar refractivity (Wildman–Crippen MR) is 86.7 cm³/mol. The molecule has 3 N–H and O–H groups in total. The maximum absolute atomic E-state index is 12.9. The lowest BCUT2D eigenvalue weighted by molar-refractivity contribution is -0.152. The molecule has 1 saturated heterocycles. The lowest BCUT2D eigenvalue weighted by atomic mass is 9.61. The molecule has 1 aliphatic carbocycles. The highest BCUT2D eigenvalue weighted by molar-refractivity contribution is 5.99. The highest BCUT2D eigenvalue weighted by Crippen LogP contribution is 2.48. The first kappa shape index (κ1) is 14.7. The lowest BCUT2D eigenvalue weighted by Gasteiger charge is -2.59. The fraction of sp³-hybridized carbons (Fsp3) is 0.556. The first-order valence-electron chi connectivity index (χ1n) is 8.56. The zero-order valence-corrected chi connectivity index (χ0v) is 13.3. The molecular weight excluding hydrogens is 290 g/mol. The van der Waals surface area contributed by atoms with Crippen LogP contribution < -0.4 is 11.1 Å². The number of nitrogens with two attached hydrogens (primary N) is 1. The monoisotopic (exact) mass is 313 g/mol. The third-order valence-electron chi connectivity index (χ3n) is 6.08. The van der Waals surface area contributed by atoms with E-state index >= 15 is 0 Å². The maximum Gasteiger partial charge on any atom is 0.252 e. The highest BCUT2D eigenvalue weighted by Gasteiger charge is 2.53. The molecule has 2 aliphatic heterocycles. The second kappa shape index (κ2) is 5.34. The molecule has 2 fully saturated rings. The summed E-state index contributed by atoms with van der Waals surface area (Å²) in [5.41, 5.74) is 7.57. The summed E-state index contributed by atoms with van der Waals surface area (Å²) in [7, 11) is 0. The van der Waals surface area contributed by atoms with E-state index in [4.69, 9.17) is 5.73 Å². The Morgan fingerprint density at radius 2 is 2.17 bits per heavy atom. The summed E-state index contributed by atoms with van der Waals surface area (Å²) in [5.74, 6) is 0.615. The number of nitrogens with zero attached hydrogens (tertiary/aromatic N) is 1. The van der Waals surface area contributed by atoms with E-state index in [0.717, 1.165) is 24.9 Å². The Kier molecular flexibility index (Phi) is 3.41. The van der Waals surface area contributed by atoms with Crippen molar-refractivity contribution < 1.29 is 9.59 Å². The number of hydrogen-bond donors (Lipinski definition) is 2. The number of fused-ring (bicyclic) bond motifs is 2. The molecule has 2 amide bonds. The van der Waals surface area contributed by atoms with Crippen molar-refractivity contribution in [2.45, 2.75) is 43.7 Å². The van der Waals surface area contributed by atoms with Gasteiger partial charge in [0.2, 0.25) is 5.91 Å². The summed E-state index contributed by atoms with van der Waals surface area (Å²) in [4.78, 5) is 27.0. The summed E-state index contributed by atoms with van der Waals surface area (Å²) in [6, 6.07) is 7.32. The number of rotatable bonds is 3. The van der Waals surface area contributed by atoms with Crippen LogP contribution in [0.2, 0.25) is 0 Å². The van der Waals surface area contributed by atoms with Crippen molar-refractivity contribution in [2.24, 2.45) is 11.7 Å². The Morgan fingerprint density at radius 1 is 1.35 bits per heavy atom. The van der Waals surface area contributed by atoms with Gasteiger partial charge >= 0.3 is 0 Å². The Hall–Kier alpha value is -1.88. The fourth-order valence-electron chi connectivity index (χ4n) is 4.69. The van der Waals surface area contributed by atoms with Gasteiger partial charge in [0.15, 0.2) is 0 Å². The summed E-state index contributed by atoms with van der Waals surface area (Å²) in [5, 5.41) is 2.95. The van der Waals surface area contributed by atoms with E-state index in [-0.39, 0.29) is 23.4 Å². The van der Waals surface area contributed by atoms with Crippen LogP contribution in [0.5, 0.6) is 0 Å². The zero-order valence-electron chi connectivity index (χ0n) is 13.3. The molecule has 4 rings (SSSR count). The van der Waals surface area contributed by atoms with Gasteiger partial charge in [-0.3, -0.25) is 9.59 Å². The first-order valence-corrected chi connectivity index (χ1v) is 8.56. The Balaban J connectivity index is 1.54. The third-order valence-corrected chi connectivity index (χ3v) is 6.08. The highest BCUT2D eigenvalue weighted by atomic mass is 16.2. The van der Waals surface area contributed by atoms with Crippen LogP contribution in [0.1, 0.15) is 54.1 Å². The third kappa shape index (κ3) is 2.10. The number of hydrogen-bond acceptors (Lipinski definition) is 3. The molecule has 122 valence electrons. The van der Waals surface area contributed by atoms with Crippen molar-refractivity contribution in [1.29, 1.82) is 0 Å². The maximum atomic E-state index is 12.9. The van der Waals surface area contributed by atoms with Crippen LogP contribution >= 0.6 is 0 Å². The van der Waals surface area contributed by atoms with Gasteiger partial charge < -0.3 is 16.0 Å². The molecule has 3 unspecified atom stereocenters. The van der Waals surface area contributed by atoms with Crippen LogP contribution in [-0.2, 0) is 4.79 Å². The number of benzene rings is 1. The Bertz CT molecular complexity index is 655. The van der Waals surface area contributed by atoms with Crippen molar-refractivity contribution >= 4 is 11.8 Å². The minimum atomic E-state index is -0.207. The fourth-order valence-corrected chi connectivity index (χ4v) is 4.69. The van der Waals surface area contributed by atoms with Gasteiger partial charge in [-0.25, -0.2) is 0 Å². The van der Waals surface area contributed by atoms with Gasteiger partial charge in [-0.05, 0) is 43.2 Å². The van der Waals surface area contributed by atoms with Crippen molar-refractivity contribution in [1.82, 2.24) is 10.2 Å². The molecule has 0 spiro atoms. The van der Waals surface area contributed by atoms with Crippen molar-refractivity contribution in [3.8, 4) is 0 Å². The van der Waals surface area contributed by atoms with Crippen LogP contribution in [0.4, 0.5) is 0 Å². The summed E-state index contributed by atoms with van der Waals surface area (Å²) in [6.45, 7) is 1.35. The lowest BCUT2D eigenvalue weighted by Crippen LogP contribution is -2.68. The van der Waals surface area contributed by atoms with E-state index < -0.39 is 0 Å². The molecule has 23 heavy (non-hydrogen) atoms. The van der Waals surface area contributed by atoms with Gasteiger partial charge in [-0.1, -0.05) is 18.2 Å². The van der Waals surface area contributed by atoms with Crippen LogP contribution in [0.25, 0.3) is 0 Å². The number of piperidine rings is 1. The Labute approximate surface area is 136 Å². The first-order chi connectivity index (χ1) is 11.2. The van der Waals surface area contributed by atoms with Crippen LogP contribution in [0, 0.1) is 5.92 Å². The predicted octanol–water partition coefficient (Wildman–Crippen LogP) is 1.59. The van der Waals surface area contributed by atoms with Crippen LogP contribution in [-0.4, -0.2) is 35.3 Å². The normalized spacial score (nSPS) is 31.9. The molecule has 5 heteroatoms. The number of carbonyl (C=O) groups is 2. The number of likely N-dealkylation sites (tertiary alicyclic amines) is 1. The quantitative estimate of drug-likeness (QED) is 0.890. The van der Waals surface area contributed by atoms with Crippen molar-refractivity contribution in [2.75, 3.05) is 13.1 Å². The summed E-state index contributed by atoms with van der Waals surface area (Å²) < 4.78 is 0. The molecule has 1 aromatic rings. The molecule has 0 radical (unpaired) electrons. The largest absolute Gasteiger partial charge is 0.345 e. The molecule has 1 aromatic carbocycles. The molecule has 5 nitrogen and oxygen atoms in total. The smallest absolute Gasteiger partial charge is 0.252 e. The Morgan fingerprint density at radius 3 is 2.91 bits per heavy atom. The van der Waals surface area contributed by atoms with Crippen LogP contribution in [0.15, 0.2) is 24.3 Å². The average Bonchev–Trinajstić information content (AvgIpc) is 2.85. The molecular formula is C18H23N3O2. The second-order valence-electron chi connectivity index (χ2n) is 7.05. The van der Waals surface area contributed by atoms with E-state index in [2.05, 4.69) is 5.32 Å². The van der Waals surface area contributed by atoms with E-state index in [1.54, 1.807) is 0 Å². The number of nitrogens with one attached hydrogen (secondary N) is 1. The number of carbonyl (C=O) groups excluding carboxylic acids is 2. The van der Waals surface area contributed by atoms with Gasteiger partial charge in [-0.15, -0.1) is 0 Å². The van der Waals surface area contributed by atoms with Gasteiger partial charge in [-0.2, -0.15) is 0 Å². The van der Waals surface area contributed by atoms with E-state index in [9.17, 15) is 9.59 Å². The number of amides is 2. The second-order valence-corrected chi connectivity index (χ2v) is 7.05. The van der Waals surface area contributed by atoms with Crippen LogP contribution in [0.3, 0.4) is 0 Å².